The lowest BCUT2D eigenvalue weighted by atomic mass is 10.1. The molecule has 0 spiro atoms. The molecule has 0 saturated heterocycles. The number of nitrogens with one attached hydrogen (secondary N) is 2. The van der Waals surface area contributed by atoms with Crippen LogP contribution in [0.15, 0.2) is 57.9 Å². The van der Waals surface area contributed by atoms with Crippen molar-refractivity contribution in [1.29, 1.82) is 0 Å². The van der Waals surface area contributed by atoms with Crippen LogP contribution in [0.3, 0.4) is 0 Å². The van der Waals surface area contributed by atoms with Crippen LogP contribution in [0.2, 0.25) is 5.02 Å². The molecule has 0 radical (unpaired) electrons. The molecule has 9 heteroatoms. The molecule has 3 aromatic rings. The standard InChI is InChI=1S/C23H26ClN3O4S/c1-3-4-5-8-15-25-32(29,30)18-13-11-17(12-14-18)26-23(28)21-16(2)31-27-22(21)19-9-6-7-10-20(19)24/h6-7,9-14,25H,3-5,8,15H2,1-2H3,(H,26,28). The van der Waals surface area contributed by atoms with Crippen LogP contribution >= 0.6 is 11.6 Å². The number of carbonyl (C=O) groups excluding carboxylic acids is 1. The van der Waals surface area contributed by atoms with Gasteiger partial charge in [0.2, 0.25) is 10.0 Å². The summed E-state index contributed by atoms with van der Waals surface area (Å²) in [6, 6.07) is 13.0. The van der Waals surface area contributed by atoms with Crippen molar-refractivity contribution in [1.82, 2.24) is 9.88 Å². The minimum absolute atomic E-state index is 0.143. The van der Waals surface area contributed by atoms with E-state index in [-0.39, 0.29) is 10.5 Å². The maximum atomic E-state index is 12.9. The Morgan fingerprint density at radius 2 is 1.78 bits per heavy atom. The summed E-state index contributed by atoms with van der Waals surface area (Å²) in [5.74, 6) is -0.0767. The van der Waals surface area contributed by atoms with Crippen LogP contribution in [-0.2, 0) is 10.0 Å². The molecule has 2 aromatic carbocycles. The summed E-state index contributed by atoms with van der Waals surface area (Å²) in [6.45, 7) is 4.15. The Labute approximate surface area is 193 Å². The fourth-order valence-electron chi connectivity index (χ4n) is 3.23. The Balaban J connectivity index is 1.71. The molecule has 0 atom stereocenters. The Morgan fingerprint density at radius 1 is 1.06 bits per heavy atom. The molecular weight excluding hydrogens is 450 g/mol. The first kappa shape index (κ1) is 24.0. The second-order valence-corrected chi connectivity index (χ2v) is 9.55. The van der Waals surface area contributed by atoms with Crippen molar-refractivity contribution in [2.45, 2.75) is 44.4 Å². The summed E-state index contributed by atoms with van der Waals surface area (Å²) in [7, 11) is -3.59. The molecule has 3 rings (SSSR count). The summed E-state index contributed by atoms with van der Waals surface area (Å²) >= 11 is 6.25. The van der Waals surface area contributed by atoms with Crippen LogP contribution in [0.25, 0.3) is 11.3 Å². The number of carbonyl (C=O) groups is 1. The highest BCUT2D eigenvalue weighted by Gasteiger charge is 2.23. The lowest BCUT2D eigenvalue weighted by Gasteiger charge is -2.09. The SMILES string of the molecule is CCCCCCNS(=O)(=O)c1ccc(NC(=O)c2c(-c3ccccc3Cl)noc2C)cc1. The fraction of sp³-hybridized carbons (Fsp3) is 0.304. The van der Waals surface area contributed by atoms with Gasteiger partial charge in [-0.1, -0.05) is 61.1 Å². The molecule has 2 N–H and O–H groups in total. The van der Waals surface area contributed by atoms with Crippen molar-refractivity contribution in [2.24, 2.45) is 0 Å². The lowest BCUT2D eigenvalue weighted by Crippen LogP contribution is -2.24. The molecule has 0 fully saturated rings. The smallest absolute Gasteiger partial charge is 0.261 e. The first-order valence-corrected chi connectivity index (χ1v) is 12.3. The van der Waals surface area contributed by atoms with Crippen LogP contribution in [0.4, 0.5) is 5.69 Å². The number of aromatic nitrogens is 1. The van der Waals surface area contributed by atoms with Crippen molar-refractivity contribution >= 4 is 33.2 Å². The second-order valence-electron chi connectivity index (χ2n) is 7.38. The molecule has 0 saturated carbocycles. The maximum absolute atomic E-state index is 12.9. The van der Waals surface area contributed by atoms with Crippen molar-refractivity contribution in [2.75, 3.05) is 11.9 Å². The largest absolute Gasteiger partial charge is 0.360 e. The average Bonchev–Trinajstić information content (AvgIpc) is 3.15. The Morgan fingerprint density at radius 3 is 2.47 bits per heavy atom. The molecular formula is C23H26ClN3O4S. The molecule has 1 amide bonds. The van der Waals surface area contributed by atoms with E-state index in [1.165, 1.54) is 12.1 Å². The van der Waals surface area contributed by atoms with E-state index in [0.29, 0.717) is 34.3 Å². The average molecular weight is 476 g/mol. The lowest BCUT2D eigenvalue weighted by molar-refractivity contribution is 0.102. The zero-order valence-corrected chi connectivity index (χ0v) is 19.6. The van der Waals surface area contributed by atoms with E-state index in [4.69, 9.17) is 16.1 Å². The number of sulfonamides is 1. The van der Waals surface area contributed by atoms with Crippen LogP contribution < -0.4 is 10.0 Å². The molecule has 7 nitrogen and oxygen atoms in total. The van der Waals surface area contributed by atoms with Gasteiger partial charge < -0.3 is 9.84 Å². The monoisotopic (exact) mass is 475 g/mol. The highest BCUT2D eigenvalue weighted by atomic mass is 35.5. The van der Waals surface area contributed by atoms with E-state index in [1.54, 1.807) is 43.3 Å². The van der Waals surface area contributed by atoms with Gasteiger partial charge in [0, 0.05) is 17.8 Å². The molecule has 32 heavy (non-hydrogen) atoms. The third-order valence-corrected chi connectivity index (χ3v) is 6.77. The summed E-state index contributed by atoms with van der Waals surface area (Å²) in [6.07, 6.45) is 3.96. The van der Waals surface area contributed by atoms with Gasteiger partial charge in [-0.2, -0.15) is 0 Å². The van der Waals surface area contributed by atoms with Gasteiger partial charge in [0.25, 0.3) is 5.91 Å². The predicted molar refractivity (Wildman–Crippen MR) is 125 cm³/mol. The van der Waals surface area contributed by atoms with E-state index in [0.717, 1.165) is 25.7 Å². The van der Waals surface area contributed by atoms with E-state index in [9.17, 15) is 13.2 Å². The number of anilines is 1. The number of benzene rings is 2. The number of unbranched alkanes of at least 4 members (excludes halogenated alkanes) is 3. The first-order valence-electron chi connectivity index (χ1n) is 10.5. The zero-order chi connectivity index (χ0) is 23.1. The fourth-order valence-corrected chi connectivity index (χ4v) is 4.53. The summed E-state index contributed by atoms with van der Waals surface area (Å²) in [5, 5.41) is 7.21. The van der Waals surface area contributed by atoms with Gasteiger partial charge in [-0.15, -0.1) is 0 Å². The molecule has 1 aromatic heterocycles. The van der Waals surface area contributed by atoms with Gasteiger partial charge in [-0.25, -0.2) is 13.1 Å². The molecule has 0 aliphatic carbocycles. The van der Waals surface area contributed by atoms with Gasteiger partial charge in [-0.05, 0) is 43.7 Å². The number of halogens is 1. The summed E-state index contributed by atoms with van der Waals surface area (Å²) < 4.78 is 32.7. The number of nitrogens with zero attached hydrogens (tertiary/aromatic N) is 1. The van der Waals surface area contributed by atoms with Crippen molar-refractivity contribution < 1.29 is 17.7 Å². The van der Waals surface area contributed by atoms with Crippen LogP contribution in [0, 0.1) is 6.92 Å². The Kier molecular flexibility index (Phi) is 8.06. The third kappa shape index (κ3) is 5.76. The van der Waals surface area contributed by atoms with Crippen LogP contribution in [0.1, 0.15) is 48.7 Å². The normalized spacial score (nSPS) is 11.5. The van der Waals surface area contributed by atoms with Gasteiger partial charge in [0.1, 0.15) is 17.0 Å². The number of rotatable bonds is 10. The van der Waals surface area contributed by atoms with Crippen molar-refractivity contribution in [3.8, 4) is 11.3 Å². The quantitative estimate of drug-likeness (QED) is 0.381. The highest BCUT2D eigenvalue weighted by molar-refractivity contribution is 7.89. The number of amides is 1. The van der Waals surface area contributed by atoms with Crippen molar-refractivity contribution in [3.05, 3.63) is 64.9 Å². The Bertz CT molecular complexity index is 1170. The first-order chi connectivity index (χ1) is 15.3. The second kappa shape index (κ2) is 10.8. The van der Waals surface area contributed by atoms with Crippen LogP contribution in [-0.4, -0.2) is 26.0 Å². The Hall–Kier alpha value is -2.68. The van der Waals surface area contributed by atoms with E-state index in [2.05, 4.69) is 22.1 Å². The predicted octanol–water partition coefficient (Wildman–Crippen LogP) is 5.41. The molecule has 1 heterocycles. The molecule has 0 aliphatic rings. The van der Waals surface area contributed by atoms with Gasteiger partial charge >= 0.3 is 0 Å². The van der Waals surface area contributed by atoms with Gasteiger partial charge in [-0.3, -0.25) is 4.79 Å². The molecule has 0 aliphatic heterocycles. The minimum Gasteiger partial charge on any atom is -0.360 e. The maximum Gasteiger partial charge on any atom is 0.261 e. The van der Waals surface area contributed by atoms with Gasteiger partial charge in [0.15, 0.2) is 0 Å². The van der Waals surface area contributed by atoms with E-state index in [1.807, 2.05) is 0 Å². The van der Waals surface area contributed by atoms with Crippen molar-refractivity contribution in [3.63, 3.8) is 0 Å². The number of hydrogen-bond donors (Lipinski definition) is 2. The summed E-state index contributed by atoms with van der Waals surface area (Å²) in [4.78, 5) is 13.1. The van der Waals surface area contributed by atoms with Gasteiger partial charge in [0.05, 0.1) is 9.92 Å². The molecule has 0 unspecified atom stereocenters. The zero-order valence-electron chi connectivity index (χ0n) is 18.0. The number of aryl methyl sites for hydroxylation is 1. The van der Waals surface area contributed by atoms with E-state index >= 15 is 0 Å². The molecule has 0 bridgehead atoms. The summed E-state index contributed by atoms with van der Waals surface area (Å²) in [5.41, 5.74) is 1.64. The topological polar surface area (TPSA) is 101 Å². The highest BCUT2D eigenvalue weighted by Crippen LogP contribution is 2.31. The molecule has 170 valence electrons. The third-order valence-electron chi connectivity index (χ3n) is 4.96. The number of hydrogen-bond acceptors (Lipinski definition) is 5. The minimum atomic E-state index is -3.59. The van der Waals surface area contributed by atoms with E-state index < -0.39 is 15.9 Å². The van der Waals surface area contributed by atoms with Crippen LogP contribution in [0.5, 0.6) is 0 Å².